The summed E-state index contributed by atoms with van der Waals surface area (Å²) in [4.78, 5) is 9.13. The van der Waals surface area contributed by atoms with Crippen molar-refractivity contribution in [3.63, 3.8) is 0 Å². The van der Waals surface area contributed by atoms with Gasteiger partial charge in [0.1, 0.15) is 0 Å². The molecule has 0 saturated carbocycles. The summed E-state index contributed by atoms with van der Waals surface area (Å²) in [6.45, 7) is 5.73. The molecule has 0 aromatic rings. The van der Waals surface area contributed by atoms with Gasteiger partial charge in [-0.1, -0.05) is 92.6 Å². The Hall–Kier alpha value is -0.210. The van der Waals surface area contributed by atoms with Crippen molar-refractivity contribution in [1.29, 1.82) is 0 Å². The normalized spacial score (nSPS) is 13.2. The summed E-state index contributed by atoms with van der Waals surface area (Å²) in [5, 5.41) is 0. The van der Waals surface area contributed by atoms with Crippen LogP contribution in [0.2, 0.25) is 0 Å². The lowest BCUT2D eigenvalue weighted by Crippen LogP contribution is -2.16. The van der Waals surface area contributed by atoms with E-state index < -0.39 is 10.4 Å². The zero-order valence-corrected chi connectivity index (χ0v) is 17.2. The summed E-state index contributed by atoms with van der Waals surface area (Å²) in [6.07, 6.45) is 15.9. The summed E-state index contributed by atoms with van der Waals surface area (Å²) in [5.41, 5.74) is 0. The van der Waals surface area contributed by atoms with Crippen LogP contribution in [0.3, 0.4) is 0 Å². The van der Waals surface area contributed by atoms with Gasteiger partial charge in [0.05, 0.1) is 12.7 Å². The highest BCUT2D eigenvalue weighted by molar-refractivity contribution is 7.81. The second-order valence-electron chi connectivity index (χ2n) is 6.54. The molecule has 0 aliphatic heterocycles. The van der Waals surface area contributed by atoms with Gasteiger partial charge in [0.2, 0.25) is 0 Å². The molecule has 25 heavy (non-hydrogen) atoms. The van der Waals surface area contributed by atoms with Crippen LogP contribution in [0, 0.1) is 0 Å². The number of hydrogen-bond donors (Lipinski definition) is 0. The van der Waals surface area contributed by atoms with Crippen LogP contribution < -0.4 is 0 Å². The average molecular weight is 383 g/mol. The van der Waals surface area contributed by atoms with Gasteiger partial charge in [-0.15, -0.1) is 0 Å². The maximum absolute atomic E-state index is 11.2. The summed E-state index contributed by atoms with van der Waals surface area (Å²) in [6, 6.07) is 0. The Morgan fingerprint density at radius 2 is 1.20 bits per heavy atom. The summed E-state index contributed by atoms with van der Waals surface area (Å²) in [7, 11) is -4.24. The summed E-state index contributed by atoms with van der Waals surface area (Å²) in [5.74, 6) is 0. The van der Waals surface area contributed by atoms with Crippen LogP contribution >= 0.6 is 0 Å². The molecular formula is C18H38O6S. The first-order chi connectivity index (χ1) is 12.0. The molecule has 6 nitrogen and oxygen atoms in total. The van der Waals surface area contributed by atoms with E-state index in [0.717, 1.165) is 19.3 Å². The summed E-state index contributed by atoms with van der Waals surface area (Å²) >= 11 is 0. The van der Waals surface area contributed by atoms with Gasteiger partial charge in [-0.05, 0) is 20.3 Å². The molecule has 0 heterocycles. The molecule has 0 spiro atoms. The van der Waals surface area contributed by atoms with Crippen LogP contribution in [0.15, 0.2) is 0 Å². The van der Waals surface area contributed by atoms with Crippen molar-refractivity contribution in [2.45, 2.75) is 110 Å². The molecule has 1 atom stereocenters. The lowest BCUT2D eigenvalue weighted by Gasteiger charge is -2.10. The van der Waals surface area contributed by atoms with Gasteiger partial charge in [-0.3, -0.25) is 0 Å². The zero-order chi connectivity index (χ0) is 18.8. The predicted octanol–water partition coefficient (Wildman–Crippen LogP) is 5.63. The van der Waals surface area contributed by atoms with Gasteiger partial charge in [-0.2, -0.15) is 8.42 Å². The van der Waals surface area contributed by atoms with E-state index in [9.17, 15) is 8.42 Å². The molecule has 0 fully saturated rings. The average Bonchev–Trinajstić information content (AvgIpc) is 2.59. The number of rotatable bonds is 19. The van der Waals surface area contributed by atoms with E-state index in [2.05, 4.69) is 20.5 Å². The Kier molecular flexibility index (Phi) is 17.1. The fourth-order valence-corrected chi connectivity index (χ4v) is 3.02. The van der Waals surface area contributed by atoms with E-state index in [1.54, 1.807) is 13.8 Å². The summed E-state index contributed by atoms with van der Waals surface area (Å²) < 4.78 is 30.7. The molecule has 0 bridgehead atoms. The van der Waals surface area contributed by atoms with Gasteiger partial charge in [0, 0.05) is 0 Å². The van der Waals surface area contributed by atoms with E-state index in [4.69, 9.17) is 4.89 Å². The van der Waals surface area contributed by atoms with Crippen LogP contribution in [-0.2, 0) is 28.8 Å². The molecule has 0 aromatic carbocycles. The Bertz CT molecular complexity index is 372. The quantitative estimate of drug-likeness (QED) is 0.164. The van der Waals surface area contributed by atoms with Crippen LogP contribution in [0.1, 0.15) is 104 Å². The van der Waals surface area contributed by atoms with Crippen molar-refractivity contribution in [2.24, 2.45) is 0 Å². The number of hydrogen-bond acceptors (Lipinski definition) is 6. The van der Waals surface area contributed by atoms with E-state index >= 15 is 0 Å². The Morgan fingerprint density at radius 1 is 0.720 bits per heavy atom. The number of unbranched alkanes of at least 4 members (excludes halogenated alkanes) is 11. The van der Waals surface area contributed by atoms with Crippen molar-refractivity contribution in [3.05, 3.63) is 0 Å². The van der Waals surface area contributed by atoms with Gasteiger partial charge >= 0.3 is 10.4 Å². The topological polar surface area (TPSA) is 71.1 Å². The van der Waals surface area contributed by atoms with E-state index in [0.29, 0.717) is 0 Å². The van der Waals surface area contributed by atoms with Gasteiger partial charge < -0.3 is 0 Å². The van der Waals surface area contributed by atoms with Gasteiger partial charge in [0.15, 0.2) is 0 Å². The minimum atomic E-state index is -4.24. The van der Waals surface area contributed by atoms with E-state index in [1.807, 2.05) is 0 Å². The molecule has 0 rings (SSSR count). The van der Waals surface area contributed by atoms with Crippen molar-refractivity contribution < 1.29 is 26.9 Å². The standard InChI is InChI=1S/C18H38O6S/c1-4-6-7-8-9-10-11-12-13-14-15-16-17-18(3)22-24-25(19,20)23-21-5-2/h18H,4-17H2,1-3H3. The van der Waals surface area contributed by atoms with Crippen molar-refractivity contribution in [2.75, 3.05) is 6.61 Å². The lowest BCUT2D eigenvalue weighted by atomic mass is 10.0. The van der Waals surface area contributed by atoms with Crippen molar-refractivity contribution >= 4 is 10.4 Å². The van der Waals surface area contributed by atoms with Crippen LogP contribution in [0.25, 0.3) is 0 Å². The van der Waals surface area contributed by atoms with Crippen LogP contribution in [0.5, 0.6) is 0 Å². The van der Waals surface area contributed by atoms with Crippen LogP contribution in [0.4, 0.5) is 0 Å². The minimum Gasteiger partial charge on any atom is -0.218 e. The second-order valence-corrected chi connectivity index (χ2v) is 7.62. The lowest BCUT2D eigenvalue weighted by molar-refractivity contribution is -0.275. The molecule has 0 saturated heterocycles. The van der Waals surface area contributed by atoms with Gasteiger partial charge in [-0.25, -0.2) is 9.78 Å². The minimum absolute atomic E-state index is 0.108. The zero-order valence-electron chi connectivity index (χ0n) is 16.3. The molecular weight excluding hydrogens is 344 g/mol. The molecule has 152 valence electrons. The molecule has 0 N–H and O–H groups in total. The Balaban J connectivity index is 3.36. The Morgan fingerprint density at radius 3 is 1.68 bits per heavy atom. The first-order valence-electron chi connectivity index (χ1n) is 9.92. The molecule has 1 unspecified atom stereocenters. The molecule has 0 radical (unpaired) electrons. The third-order valence-electron chi connectivity index (χ3n) is 4.00. The monoisotopic (exact) mass is 382 g/mol. The van der Waals surface area contributed by atoms with Crippen LogP contribution in [-0.4, -0.2) is 21.1 Å². The SMILES string of the molecule is CCCCCCCCCCCCCCC(C)OOS(=O)(=O)OOCC. The van der Waals surface area contributed by atoms with Crippen molar-refractivity contribution in [3.8, 4) is 0 Å². The first-order valence-corrected chi connectivity index (χ1v) is 11.3. The Labute approximate surface area is 154 Å². The maximum Gasteiger partial charge on any atom is 0.453 e. The van der Waals surface area contributed by atoms with E-state index in [1.165, 1.54) is 64.2 Å². The van der Waals surface area contributed by atoms with Gasteiger partial charge in [0.25, 0.3) is 0 Å². The highest BCUT2D eigenvalue weighted by atomic mass is 32.3. The smallest absolute Gasteiger partial charge is 0.218 e. The molecule has 0 aliphatic carbocycles. The maximum atomic E-state index is 11.2. The third kappa shape index (κ3) is 18.4. The highest BCUT2D eigenvalue weighted by Crippen LogP contribution is 2.14. The van der Waals surface area contributed by atoms with E-state index in [-0.39, 0.29) is 12.7 Å². The third-order valence-corrected chi connectivity index (χ3v) is 4.51. The molecule has 0 aromatic heterocycles. The second kappa shape index (κ2) is 17.2. The largest absolute Gasteiger partial charge is 0.453 e. The fourth-order valence-electron chi connectivity index (χ4n) is 2.55. The highest BCUT2D eigenvalue weighted by Gasteiger charge is 2.16. The molecule has 7 heteroatoms. The fraction of sp³-hybridized carbons (Fsp3) is 1.00. The predicted molar refractivity (Wildman–Crippen MR) is 99.0 cm³/mol. The van der Waals surface area contributed by atoms with Crippen molar-refractivity contribution in [1.82, 2.24) is 0 Å². The first kappa shape index (κ1) is 24.8. The molecule has 0 aliphatic rings. The molecule has 0 amide bonds.